The average Bonchev–Trinajstić information content (AvgIpc) is 3.14. The van der Waals surface area contributed by atoms with Crippen molar-refractivity contribution >= 4 is 17.4 Å². The summed E-state index contributed by atoms with van der Waals surface area (Å²) < 4.78 is 0. The van der Waals surface area contributed by atoms with Gasteiger partial charge in [-0.3, -0.25) is 0 Å². The summed E-state index contributed by atoms with van der Waals surface area (Å²) in [5, 5.41) is 0.732. The molecule has 2 aromatic carbocycles. The van der Waals surface area contributed by atoms with Crippen LogP contribution < -0.4 is 5.73 Å². The molecule has 0 saturated heterocycles. The van der Waals surface area contributed by atoms with Crippen molar-refractivity contribution in [1.29, 1.82) is 0 Å². The average molecular weight is 255 g/mol. The topological polar surface area (TPSA) is 26.0 Å². The summed E-state index contributed by atoms with van der Waals surface area (Å²) in [6, 6.07) is 17.1. The minimum absolute atomic E-state index is 0.731. The maximum atomic E-state index is 5.84. The molecule has 92 valence electrons. The van der Waals surface area contributed by atoms with Crippen molar-refractivity contribution in [3.63, 3.8) is 0 Å². The standard InChI is InChI=1S/C16H17NS/c1-11-9-13(7-8-15(11)17)18-16-10-14(16)12-5-3-2-4-6-12/h2-9,14,16H,10,17H2,1H3. The largest absolute Gasteiger partial charge is 0.399 e. The summed E-state index contributed by atoms with van der Waals surface area (Å²) in [5.74, 6) is 0.731. The molecule has 0 aliphatic heterocycles. The van der Waals surface area contributed by atoms with Gasteiger partial charge in [0.1, 0.15) is 0 Å². The lowest BCUT2D eigenvalue weighted by Crippen LogP contribution is -1.89. The monoisotopic (exact) mass is 255 g/mol. The van der Waals surface area contributed by atoms with Crippen LogP contribution in [0.2, 0.25) is 0 Å². The summed E-state index contributed by atoms with van der Waals surface area (Å²) in [6.45, 7) is 2.07. The van der Waals surface area contributed by atoms with E-state index >= 15 is 0 Å². The molecule has 0 spiro atoms. The highest BCUT2D eigenvalue weighted by Crippen LogP contribution is 2.51. The zero-order valence-electron chi connectivity index (χ0n) is 10.5. The summed E-state index contributed by atoms with van der Waals surface area (Å²) in [5.41, 5.74) is 9.38. The van der Waals surface area contributed by atoms with Crippen LogP contribution in [-0.2, 0) is 0 Å². The second-order valence-corrected chi connectivity index (χ2v) is 6.24. The van der Waals surface area contributed by atoms with Crippen LogP contribution in [0.4, 0.5) is 5.69 Å². The molecule has 1 fully saturated rings. The molecule has 2 unspecified atom stereocenters. The zero-order valence-corrected chi connectivity index (χ0v) is 11.3. The molecule has 1 aliphatic rings. The highest BCUT2D eigenvalue weighted by Gasteiger charge is 2.38. The molecule has 1 saturated carbocycles. The normalized spacial score (nSPS) is 21.8. The molecule has 0 radical (unpaired) electrons. The lowest BCUT2D eigenvalue weighted by molar-refractivity contribution is 1.13. The lowest BCUT2D eigenvalue weighted by Gasteiger charge is -2.05. The van der Waals surface area contributed by atoms with Crippen LogP contribution in [0.1, 0.15) is 23.5 Å². The van der Waals surface area contributed by atoms with E-state index in [1.165, 1.54) is 22.4 Å². The van der Waals surface area contributed by atoms with Crippen molar-refractivity contribution in [3.05, 3.63) is 59.7 Å². The maximum absolute atomic E-state index is 5.84. The summed E-state index contributed by atoms with van der Waals surface area (Å²) in [7, 11) is 0. The van der Waals surface area contributed by atoms with E-state index in [1.54, 1.807) is 0 Å². The number of hydrogen-bond acceptors (Lipinski definition) is 2. The first-order valence-corrected chi connectivity index (χ1v) is 7.20. The highest BCUT2D eigenvalue weighted by molar-refractivity contribution is 8.00. The van der Waals surface area contributed by atoms with Crippen molar-refractivity contribution in [3.8, 4) is 0 Å². The molecule has 2 heteroatoms. The molecule has 0 bridgehead atoms. The minimum Gasteiger partial charge on any atom is -0.399 e. The van der Waals surface area contributed by atoms with Crippen LogP contribution >= 0.6 is 11.8 Å². The van der Waals surface area contributed by atoms with Gasteiger partial charge in [0.05, 0.1) is 0 Å². The molecule has 1 nitrogen and oxygen atoms in total. The Hall–Kier alpha value is -1.41. The first-order valence-electron chi connectivity index (χ1n) is 6.32. The van der Waals surface area contributed by atoms with Crippen molar-refractivity contribution < 1.29 is 0 Å². The third-order valence-corrected chi connectivity index (χ3v) is 4.84. The molecule has 2 N–H and O–H groups in total. The smallest absolute Gasteiger partial charge is 0.0344 e. The highest BCUT2D eigenvalue weighted by atomic mass is 32.2. The third-order valence-electron chi connectivity index (χ3n) is 3.49. The Bertz CT molecular complexity index is 550. The van der Waals surface area contributed by atoms with Crippen LogP contribution in [-0.4, -0.2) is 5.25 Å². The first kappa shape index (κ1) is 11.7. The van der Waals surface area contributed by atoms with Gasteiger partial charge < -0.3 is 5.73 Å². The number of thioether (sulfide) groups is 1. The molecular formula is C16H17NS. The molecule has 1 aliphatic carbocycles. The molecule has 18 heavy (non-hydrogen) atoms. The maximum Gasteiger partial charge on any atom is 0.0344 e. The van der Waals surface area contributed by atoms with Gasteiger partial charge in [-0.2, -0.15) is 0 Å². The van der Waals surface area contributed by atoms with E-state index in [1.807, 2.05) is 17.8 Å². The van der Waals surface area contributed by atoms with Crippen molar-refractivity contribution in [2.75, 3.05) is 5.73 Å². The Morgan fingerprint density at radius 3 is 2.61 bits per heavy atom. The summed E-state index contributed by atoms with van der Waals surface area (Å²) >= 11 is 1.98. The van der Waals surface area contributed by atoms with Crippen LogP contribution in [0.5, 0.6) is 0 Å². The van der Waals surface area contributed by atoms with Crippen molar-refractivity contribution in [2.45, 2.75) is 29.4 Å². The summed E-state index contributed by atoms with van der Waals surface area (Å²) in [4.78, 5) is 1.34. The Balaban J connectivity index is 1.67. The van der Waals surface area contributed by atoms with E-state index < -0.39 is 0 Å². The van der Waals surface area contributed by atoms with Gasteiger partial charge in [-0.15, -0.1) is 11.8 Å². The van der Waals surface area contributed by atoms with Gasteiger partial charge in [0, 0.05) is 15.8 Å². The van der Waals surface area contributed by atoms with Gasteiger partial charge >= 0.3 is 0 Å². The van der Waals surface area contributed by atoms with E-state index in [-0.39, 0.29) is 0 Å². The number of hydrogen-bond donors (Lipinski definition) is 1. The van der Waals surface area contributed by atoms with Gasteiger partial charge in [-0.05, 0) is 48.6 Å². The number of aryl methyl sites for hydroxylation is 1. The van der Waals surface area contributed by atoms with Crippen molar-refractivity contribution in [1.82, 2.24) is 0 Å². The fourth-order valence-electron chi connectivity index (χ4n) is 2.25. The van der Waals surface area contributed by atoms with Gasteiger partial charge in [0.2, 0.25) is 0 Å². The number of anilines is 1. The van der Waals surface area contributed by atoms with E-state index in [2.05, 4.69) is 49.4 Å². The van der Waals surface area contributed by atoms with Gasteiger partial charge in [0.25, 0.3) is 0 Å². The van der Waals surface area contributed by atoms with Crippen LogP contribution in [0.3, 0.4) is 0 Å². The molecular weight excluding hydrogens is 238 g/mol. The van der Waals surface area contributed by atoms with E-state index in [4.69, 9.17) is 5.73 Å². The Labute approximate surface area is 112 Å². The second kappa shape index (κ2) is 4.69. The van der Waals surface area contributed by atoms with E-state index in [9.17, 15) is 0 Å². The Morgan fingerprint density at radius 2 is 1.89 bits per heavy atom. The quantitative estimate of drug-likeness (QED) is 0.831. The van der Waals surface area contributed by atoms with E-state index in [0.29, 0.717) is 0 Å². The minimum atomic E-state index is 0.731. The fourth-order valence-corrected chi connectivity index (χ4v) is 3.62. The molecule has 0 amide bonds. The van der Waals surface area contributed by atoms with Gasteiger partial charge in [0.15, 0.2) is 0 Å². The fraction of sp³-hybridized carbons (Fsp3) is 0.250. The number of nitrogen functional groups attached to an aromatic ring is 1. The lowest BCUT2D eigenvalue weighted by atomic mass is 10.1. The molecule has 0 heterocycles. The molecule has 2 aromatic rings. The predicted octanol–water partition coefficient (Wildman–Crippen LogP) is 4.23. The number of benzene rings is 2. The van der Waals surface area contributed by atoms with E-state index in [0.717, 1.165) is 16.9 Å². The summed E-state index contributed by atoms with van der Waals surface area (Å²) in [6.07, 6.45) is 1.29. The predicted molar refractivity (Wildman–Crippen MR) is 79.0 cm³/mol. The first-order chi connectivity index (χ1) is 8.74. The zero-order chi connectivity index (χ0) is 12.5. The second-order valence-electron chi connectivity index (χ2n) is 4.93. The molecule has 0 aromatic heterocycles. The van der Waals surface area contributed by atoms with Crippen LogP contribution in [0, 0.1) is 6.92 Å². The Kier molecular flexibility index (Phi) is 3.04. The van der Waals surface area contributed by atoms with Crippen LogP contribution in [0.15, 0.2) is 53.4 Å². The van der Waals surface area contributed by atoms with Crippen molar-refractivity contribution in [2.24, 2.45) is 0 Å². The van der Waals surface area contributed by atoms with Crippen LogP contribution in [0.25, 0.3) is 0 Å². The molecule has 2 atom stereocenters. The third kappa shape index (κ3) is 2.39. The van der Waals surface area contributed by atoms with Gasteiger partial charge in [-0.1, -0.05) is 30.3 Å². The SMILES string of the molecule is Cc1cc(SC2CC2c2ccccc2)ccc1N. The molecule has 3 rings (SSSR count). The Morgan fingerprint density at radius 1 is 1.11 bits per heavy atom. The van der Waals surface area contributed by atoms with Gasteiger partial charge in [-0.25, -0.2) is 0 Å². The number of nitrogens with two attached hydrogens (primary N) is 1. The number of rotatable bonds is 3.